The third-order valence-corrected chi connectivity index (χ3v) is 3.64. The second-order valence-corrected chi connectivity index (χ2v) is 6.84. The zero-order valence-electron chi connectivity index (χ0n) is 11.8. The molecule has 0 radical (unpaired) electrons. The summed E-state index contributed by atoms with van der Waals surface area (Å²) in [5.74, 6) is 0.487. The van der Waals surface area contributed by atoms with Crippen molar-refractivity contribution >= 4 is 21.4 Å². The Hall–Kier alpha value is -1.60. The lowest BCUT2D eigenvalue weighted by atomic mass is 10.3. The molecule has 0 spiro atoms. The molecule has 0 bridgehead atoms. The van der Waals surface area contributed by atoms with Crippen LogP contribution in [0.4, 0.5) is 5.69 Å². The molecule has 1 rings (SSSR count). The van der Waals surface area contributed by atoms with Gasteiger partial charge in [0.25, 0.3) is 0 Å². The van der Waals surface area contributed by atoms with E-state index in [9.17, 15) is 13.2 Å². The first-order chi connectivity index (χ1) is 9.30. The fraction of sp³-hybridized carbons (Fsp3) is 0.462. The lowest BCUT2D eigenvalue weighted by molar-refractivity contribution is -0.115. The molecule has 2 N–H and O–H groups in total. The minimum Gasteiger partial charge on any atom is -0.497 e. The average Bonchev–Trinajstić information content (AvgIpc) is 2.35. The fourth-order valence-electron chi connectivity index (χ4n) is 1.66. The summed E-state index contributed by atoms with van der Waals surface area (Å²) in [6.07, 6.45) is 1.17. The molecule has 1 aromatic rings. The van der Waals surface area contributed by atoms with Crippen LogP contribution in [0.2, 0.25) is 0 Å². The number of sulfone groups is 1. The molecule has 0 saturated heterocycles. The summed E-state index contributed by atoms with van der Waals surface area (Å²) in [6.45, 7) is 1.78. The maximum Gasteiger partial charge on any atom is 0.238 e. The Morgan fingerprint density at radius 3 is 2.40 bits per heavy atom. The van der Waals surface area contributed by atoms with Crippen molar-refractivity contribution in [2.75, 3.05) is 31.0 Å². The van der Waals surface area contributed by atoms with Crippen LogP contribution in [0.25, 0.3) is 0 Å². The van der Waals surface area contributed by atoms with Gasteiger partial charge in [0.15, 0.2) is 0 Å². The van der Waals surface area contributed by atoms with Gasteiger partial charge in [0.05, 0.1) is 19.4 Å². The number of hydrogen-bond acceptors (Lipinski definition) is 5. The summed E-state index contributed by atoms with van der Waals surface area (Å²) < 4.78 is 27.2. The number of carbonyl (C=O) groups excluding carboxylic acids is 1. The summed E-state index contributed by atoms with van der Waals surface area (Å²) in [5, 5.41) is 5.57. The molecule has 0 aliphatic carbocycles. The van der Waals surface area contributed by atoms with Crippen molar-refractivity contribution < 1.29 is 17.9 Å². The van der Waals surface area contributed by atoms with E-state index in [1.165, 1.54) is 6.26 Å². The van der Waals surface area contributed by atoms with Crippen LogP contribution < -0.4 is 15.4 Å². The highest BCUT2D eigenvalue weighted by Crippen LogP contribution is 2.14. The lowest BCUT2D eigenvalue weighted by Gasteiger charge is -2.12. The number of benzene rings is 1. The molecule has 0 aliphatic heterocycles. The molecule has 0 aliphatic rings. The summed E-state index contributed by atoms with van der Waals surface area (Å²) in [6, 6.07) is 6.68. The minimum absolute atomic E-state index is 0.00279. The van der Waals surface area contributed by atoms with Crippen molar-refractivity contribution in [1.29, 1.82) is 0 Å². The van der Waals surface area contributed by atoms with Crippen LogP contribution in [0.15, 0.2) is 24.3 Å². The first-order valence-corrected chi connectivity index (χ1v) is 8.21. The van der Waals surface area contributed by atoms with Crippen LogP contribution >= 0.6 is 0 Å². The van der Waals surface area contributed by atoms with E-state index in [-0.39, 0.29) is 24.2 Å². The van der Waals surface area contributed by atoms with Gasteiger partial charge in [-0.25, -0.2) is 8.42 Å². The second kappa shape index (κ2) is 7.25. The number of nitrogens with one attached hydrogen (secondary N) is 2. The van der Waals surface area contributed by atoms with Crippen molar-refractivity contribution in [2.24, 2.45) is 0 Å². The van der Waals surface area contributed by atoms with Gasteiger partial charge in [-0.05, 0) is 31.2 Å². The zero-order valence-corrected chi connectivity index (χ0v) is 12.7. The van der Waals surface area contributed by atoms with Gasteiger partial charge in [-0.2, -0.15) is 0 Å². The SMILES string of the molecule is COc1ccc(NC(=O)CNC(C)CS(C)(=O)=O)cc1. The third-order valence-electron chi connectivity index (χ3n) is 2.54. The smallest absolute Gasteiger partial charge is 0.238 e. The highest BCUT2D eigenvalue weighted by atomic mass is 32.2. The number of rotatable bonds is 7. The highest BCUT2D eigenvalue weighted by Gasteiger charge is 2.11. The maximum absolute atomic E-state index is 11.7. The van der Waals surface area contributed by atoms with E-state index < -0.39 is 9.84 Å². The molecule has 0 heterocycles. The van der Waals surface area contributed by atoms with Crippen LogP contribution in [0.5, 0.6) is 5.75 Å². The van der Waals surface area contributed by atoms with Crippen molar-refractivity contribution in [3.8, 4) is 5.75 Å². The predicted molar refractivity (Wildman–Crippen MR) is 78.8 cm³/mol. The molecule has 20 heavy (non-hydrogen) atoms. The number of carbonyl (C=O) groups is 1. The number of hydrogen-bond donors (Lipinski definition) is 2. The van der Waals surface area contributed by atoms with Gasteiger partial charge in [0.1, 0.15) is 15.6 Å². The Kier molecular flexibility index (Phi) is 5.97. The summed E-state index contributed by atoms with van der Waals surface area (Å²) in [4.78, 5) is 11.7. The molecule has 0 saturated carbocycles. The highest BCUT2D eigenvalue weighted by molar-refractivity contribution is 7.90. The van der Waals surface area contributed by atoms with Gasteiger partial charge in [-0.15, -0.1) is 0 Å². The van der Waals surface area contributed by atoms with Gasteiger partial charge in [0.2, 0.25) is 5.91 Å². The first kappa shape index (κ1) is 16.5. The van der Waals surface area contributed by atoms with Crippen LogP contribution in [0, 0.1) is 0 Å². The van der Waals surface area contributed by atoms with Crippen molar-refractivity contribution in [1.82, 2.24) is 5.32 Å². The van der Waals surface area contributed by atoms with Crippen LogP contribution in [-0.4, -0.2) is 46.0 Å². The topological polar surface area (TPSA) is 84.5 Å². The molecule has 112 valence electrons. The summed E-state index contributed by atoms with van der Waals surface area (Å²) in [5.41, 5.74) is 0.661. The van der Waals surface area contributed by atoms with E-state index in [1.54, 1.807) is 38.3 Å². The number of amides is 1. The van der Waals surface area contributed by atoms with Gasteiger partial charge >= 0.3 is 0 Å². The molecule has 1 aromatic carbocycles. The molecule has 6 nitrogen and oxygen atoms in total. The Bertz CT molecular complexity index is 540. The maximum atomic E-state index is 11.7. The Balaban J connectivity index is 2.39. The van der Waals surface area contributed by atoms with E-state index in [0.717, 1.165) is 0 Å². The number of ether oxygens (including phenoxy) is 1. The Morgan fingerprint density at radius 1 is 1.30 bits per heavy atom. The molecular formula is C13H20N2O4S. The van der Waals surface area contributed by atoms with E-state index in [4.69, 9.17) is 4.74 Å². The fourth-order valence-corrected chi connectivity index (χ4v) is 2.69. The van der Waals surface area contributed by atoms with Crippen molar-refractivity contribution in [3.05, 3.63) is 24.3 Å². The minimum atomic E-state index is -3.05. The summed E-state index contributed by atoms with van der Waals surface area (Å²) >= 11 is 0. The monoisotopic (exact) mass is 300 g/mol. The molecule has 0 aromatic heterocycles. The van der Waals surface area contributed by atoms with Crippen LogP contribution in [0.3, 0.4) is 0 Å². The molecule has 1 amide bonds. The standard InChI is InChI=1S/C13H20N2O4S/c1-10(9-20(3,17)18)14-8-13(16)15-11-4-6-12(19-2)7-5-11/h4-7,10,14H,8-9H2,1-3H3,(H,15,16). The Labute approximate surface area is 119 Å². The lowest BCUT2D eigenvalue weighted by Crippen LogP contribution is -2.38. The van der Waals surface area contributed by atoms with Crippen molar-refractivity contribution in [2.45, 2.75) is 13.0 Å². The number of methoxy groups -OCH3 is 1. The number of anilines is 1. The Morgan fingerprint density at radius 2 is 1.90 bits per heavy atom. The largest absolute Gasteiger partial charge is 0.497 e. The van der Waals surface area contributed by atoms with Crippen LogP contribution in [-0.2, 0) is 14.6 Å². The quantitative estimate of drug-likeness (QED) is 0.772. The molecule has 1 unspecified atom stereocenters. The van der Waals surface area contributed by atoms with Gasteiger partial charge in [-0.3, -0.25) is 4.79 Å². The zero-order chi connectivity index (χ0) is 15.2. The van der Waals surface area contributed by atoms with Gasteiger partial charge in [-0.1, -0.05) is 0 Å². The second-order valence-electron chi connectivity index (χ2n) is 4.65. The summed E-state index contributed by atoms with van der Waals surface area (Å²) in [7, 11) is -1.48. The molecule has 0 fully saturated rings. The van der Waals surface area contributed by atoms with E-state index in [1.807, 2.05) is 0 Å². The van der Waals surface area contributed by atoms with E-state index >= 15 is 0 Å². The molecule has 7 heteroatoms. The van der Waals surface area contributed by atoms with Crippen LogP contribution in [0.1, 0.15) is 6.92 Å². The van der Waals surface area contributed by atoms with E-state index in [0.29, 0.717) is 11.4 Å². The first-order valence-electron chi connectivity index (χ1n) is 6.15. The van der Waals surface area contributed by atoms with E-state index in [2.05, 4.69) is 10.6 Å². The average molecular weight is 300 g/mol. The third kappa shape index (κ3) is 6.53. The van der Waals surface area contributed by atoms with Gasteiger partial charge in [0, 0.05) is 18.0 Å². The predicted octanol–water partition coefficient (Wildman–Crippen LogP) is 0.656. The molecule has 1 atom stereocenters. The molecular weight excluding hydrogens is 280 g/mol. The van der Waals surface area contributed by atoms with Gasteiger partial charge < -0.3 is 15.4 Å². The normalized spacial score (nSPS) is 12.8. The van der Waals surface area contributed by atoms with Crippen molar-refractivity contribution in [3.63, 3.8) is 0 Å².